The Morgan fingerprint density at radius 3 is 2.73 bits per heavy atom. The van der Waals surface area contributed by atoms with Gasteiger partial charge in [0.25, 0.3) is 0 Å². The number of nitrogens with one attached hydrogen (secondary N) is 3. The van der Waals surface area contributed by atoms with Crippen molar-refractivity contribution in [3.63, 3.8) is 0 Å². The Kier molecular flexibility index (Phi) is 8.27. The van der Waals surface area contributed by atoms with Gasteiger partial charge >= 0.3 is 0 Å². The van der Waals surface area contributed by atoms with Gasteiger partial charge in [-0.1, -0.05) is 11.6 Å². The van der Waals surface area contributed by atoms with Gasteiger partial charge in [-0.3, -0.25) is 24.3 Å². The topological polar surface area (TPSA) is 140 Å². The van der Waals surface area contributed by atoms with Crippen molar-refractivity contribution in [3.05, 3.63) is 35.6 Å². The van der Waals surface area contributed by atoms with E-state index >= 15 is 0 Å². The highest BCUT2D eigenvalue weighted by Gasteiger charge is 2.39. The molecule has 1 atom stereocenters. The van der Waals surface area contributed by atoms with Gasteiger partial charge in [0.2, 0.25) is 17.7 Å². The number of anilines is 1. The van der Waals surface area contributed by atoms with Crippen molar-refractivity contribution < 1.29 is 24.2 Å². The highest BCUT2D eigenvalue weighted by molar-refractivity contribution is 6.33. The SMILES string of the molecule is CC1(C)CN(CC(=O)N2CCC(C(=O)NCCO)CC2)[C@H](C(=O)Nc2cc(Cl)cc3c2[nH]c2cnccc23)CO1. The van der Waals surface area contributed by atoms with Gasteiger partial charge in [0.1, 0.15) is 6.04 Å². The van der Waals surface area contributed by atoms with Crippen LogP contribution in [0.1, 0.15) is 26.7 Å². The van der Waals surface area contributed by atoms with Crippen molar-refractivity contribution >= 4 is 56.8 Å². The van der Waals surface area contributed by atoms with Gasteiger partial charge in [0.15, 0.2) is 0 Å². The molecule has 3 amide bonds. The summed E-state index contributed by atoms with van der Waals surface area (Å²) in [7, 11) is 0. The molecule has 3 aromatic rings. The first-order chi connectivity index (χ1) is 19.1. The number of benzene rings is 1. The number of piperidine rings is 1. The second-order valence-electron chi connectivity index (χ2n) is 11.1. The number of hydrogen-bond donors (Lipinski definition) is 4. The van der Waals surface area contributed by atoms with Crippen LogP contribution in [-0.4, -0.2) is 100 Å². The summed E-state index contributed by atoms with van der Waals surface area (Å²) in [6, 6.07) is 4.76. The summed E-state index contributed by atoms with van der Waals surface area (Å²) in [5.74, 6) is -0.638. The molecule has 2 aliphatic rings. The first-order valence-corrected chi connectivity index (χ1v) is 13.9. The lowest BCUT2D eigenvalue weighted by Gasteiger charge is -2.43. The fourth-order valence-electron chi connectivity index (χ4n) is 5.58. The fraction of sp³-hybridized carbons (Fsp3) is 0.500. The number of hydrogen-bond acceptors (Lipinski definition) is 7. The van der Waals surface area contributed by atoms with Crippen LogP contribution in [0.3, 0.4) is 0 Å². The molecule has 2 fully saturated rings. The van der Waals surface area contributed by atoms with Crippen LogP contribution in [0.15, 0.2) is 30.6 Å². The number of aromatic nitrogens is 2. The second kappa shape index (κ2) is 11.7. The molecule has 5 rings (SSSR count). The highest BCUT2D eigenvalue weighted by Crippen LogP contribution is 2.33. The molecular weight excluding hydrogens is 536 g/mol. The zero-order chi connectivity index (χ0) is 28.4. The smallest absolute Gasteiger partial charge is 0.244 e. The van der Waals surface area contributed by atoms with Gasteiger partial charge in [-0.25, -0.2) is 0 Å². The number of carbonyl (C=O) groups excluding carboxylic acids is 3. The van der Waals surface area contributed by atoms with Crippen molar-refractivity contribution in [3.8, 4) is 0 Å². The molecular formula is C28H35ClN6O5. The third kappa shape index (κ3) is 6.07. The van der Waals surface area contributed by atoms with Gasteiger partial charge < -0.3 is 30.4 Å². The van der Waals surface area contributed by atoms with Crippen molar-refractivity contribution in [2.24, 2.45) is 5.92 Å². The number of carbonyl (C=O) groups is 3. The third-order valence-corrected chi connectivity index (χ3v) is 7.88. The van der Waals surface area contributed by atoms with Crippen molar-refractivity contribution in [2.45, 2.75) is 38.3 Å². The van der Waals surface area contributed by atoms with Crippen LogP contribution in [0.25, 0.3) is 21.8 Å². The van der Waals surface area contributed by atoms with E-state index in [0.717, 1.165) is 21.8 Å². The van der Waals surface area contributed by atoms with E-state index < -0.39 is 11.6 Å². The number of aromatic amines is 1. The number of ether oxygens (including phenoxy) is 1. The summed E-state index contributed by atoms with van der Waals surface area (Å²) in [5.41, 5.74) is 1.59. The number of amides is 3. The molecule has 40 heavy (non-hydrogen) atoms. The Morgan fingerprint density at radius 1 is 1.20 bits per heavy atom. The summed E-state index contributed by atoms with van der Waals surface area (Å²) in [6.45, 7) is 5.55. The minimum atomic E-state index is -0.682. The van der Waals surface area contributed by atoms with E-state index in [2.05, 4.69) is 20.6 Å². The number of nitrogens with zero attached hydrogens (tertiary/aromatic N) is 3. The summed E-state index contributed by atoms with van der Waals surface area (Å²) in [6.07, 6.45) is 4.56. The molecule has 0 aliphatic carbocycles. The average Bonchev–Trinajstić information content (AvgIpc) is 3.30. The standard InChI is InChI=1S/C28H35ClN6O5/c1-28(2)16-35(14-24(37)34-8-4-17(5-9-34)26(38)31-7-10-36)23(15-40-28)27(39)33-21-12-18(29)11-20-19-3-6-30-13-22(19)32-25(20)21/h3,6,11-13,17,23,32,36H,4-5,7-10,14-16H2,1-2H3,(H,31,38)(H,33,39)/t23-/m0/s1. The summed E-state index contributed by atoms with van der Waals surface area (Å²) >= 11 is 6.42. The maximum Gasteiger partial charge on any atom is 0.244 e. The highest BCUT2D eigenvalue weighted by atomic mass is 35.5. The number of morpholine rings is 1. The van der Waals surface area contributed by atoms with E-state index in [1.807, 2.05) is 30.9 Å². The first kappa shape index (κ1) is 28.3. The minimum absolute atomic E-state index is 0.0647. The molecule has 0 saturated carbocycles. The number of H-pyrrole nitrogens is 1. The molecule has 214 valence electrons. The summed E-state index contributed by atoms with van der Waals surface area (Å²) in [4.78, 5) is 50.3. The minimum Gasteiger partial charge on any atom is -0.395 e. The lowest BCUT2D eigenvalue weighted by molar-refractivity contribution is -0.151. The molecule has 0 unspecified atom stereocenters. The molecule has 4 heterocycles. The zero-order valence-corrected chi connectivity index (χ0v) is 23.5. The molecule has 2 saturated heterocycles. The van der Waals surface area contributed by atoms with E-state index in [4.69, 9.17) is 21.4 Å². The number of pyridine rings is 1. The Balaban J connectivity index is 1.29. The monoisotopic (exact) mass is 570 g/mol. The molecule has 12 heteroatoms. The molecule has 0 radical (unpaired) electrons. The number of fused-ring (bicyclic) bond motifs is 3. The Hall–Kier alpha value is -3.25. The van der Waals surface area contributed by atoms with Crippen LogP contribution < -0.4 is 10.6 Å². The third-order valence-electron chi connectivity index (χ3n) is 7.66. The van der Waals surface area contributed by atoms with Crippen molar-refractivity contribution in [1.29, 1.82) is 0 Å². The van der Waals surface area contributed by atoms with E-state index in [0.29, 0.717) is 43.2 Å². The normalized spacial score (nSPS) is 20.1. The number of halogens is 1. The molecule has 0 bridgehead atoms. The van der Waals surface area contributed by atoms with Crippen LogP contribution in [0, 0.1) is 5.92 Å². The van der Waals surface area contributed by atoms with Crippen LogP contribution in [-0.2, 0) is 19.1 Å². The van der Waals surface area contributed by atoms with E-state index in [1.54, 1.807) is 23.4 Å². The van der Waals surface area contributed by atoms with Crippen LogP contribution in [0.5, 0.6) is 0 Å². The molecule has 2 aromatic heterocycles. The maximum absolute atomic E-state index is 13.6. The number of likely N-dealkylation sites (tertiary alicyclic amines) is 1. The van der Waals surface area contributed by atoms with Gasteiger partial charge in [0.05, 0.1) is 48.3 Å². The molecule has 2 aliphatic heterocycles. The molecule has 0 spiro atoms. The van der Waals surface area contributed by atoms with Crippen molar-refractivity contribution in [1.82, 2.24) is 25.1 Å². The number of aliphatic hydroxyl groups excluding tert-OH is 1. The fourth-order valence-corrected chi connectivity index (χ4v) is 5.80. The van der Waals surface area contributed by atoms with Crippen LogP contribution in [0.2, 0.25) is 5.02 Å². The number of aliphatic hydroxyl groups is 1. The van der Waals surface area contributed by atoms with Crippen molar-refractivity contribution in [2.75, 3.05) is 51.3 Å². The Morgan fingerprint density at radius 2 is 1.98 bits per heavy atom. The number of rotatable bonds is 7. The van der Waals surface area contributed by atoms with E-state index in [1.165, 1.54) is 0 Å². The summed E-state index contributed by atoms with van der Waals surface area (Å²) < 4.78 is 5.99. The lowest BCUT2D eigenvalue weighted by atomic mass is 9.95. The lowest BCUT2D eigenvalue weighted by Crippen LogP contribution is -2.60. The molecule has 11 nitrogen and oxygen atoms in total. The predicted octanol–water partition coefficient (Wildman–Crippen LogP) is 2.13. The van der Waals surface area contributed by atoms with Gasteiger partial charge in [-0.05, 0) is 44.9 Å². The quantitative estimate of drug-likeness (QED) is 0.341. The Labute approximate surface area is 237 Å². The first-order valence-electron chi connectivity index (χ1n) is 13.6. The van der Waals surface area contributed by atoms with Gasteiger partial charge in [0, 0.05) is 54.1 Å². The maximum atomic E-state index is 13.6. The average molecular weight is 571 g/mol. The summed E-state index contributed by atoms with van der Waals surface area (Å²) in [5, 5.41) is 17.0. The van der Waals surface area contributed by atoms with Gasteiger partial charge in [-0.2, -0.15) is 0 Å². The van der Waals surface area contributed by atoms with E-state index in [-0.39, 0.29) is 49.9 Å². The van der Waals surface area contributed by atoms with Crippen LogP contribution >= 0.6 is 11.6 Å². The predicted molar refractivity (Wildman–Crippen MR) is 152 cm³/mol. The zero-order valence-electron chi connectivity index (χ0n) is 22.7. The largest absolute Gasteiger partial charge is 0.395 e. The molecule has 4 N–H and O–H groups in total. The second-order valence-corrected chi connectivity index (χ2v) is 11.5. The van der Waals surface area contributed by atoms with E-state index in [9.17, 15) is 14.4 Å². The molecule has 1 aromatic carbocycles. The van der Waals surface area contributed by atoms with Crippen LogP contribution in [0.4, 0.5) is 5.69 Å². The van der Waals surface area contributed by atoms with Gasteiger partial charge in [-0.15, -0.1) is 0 Å². The Bertz CT molecular complexity index is 1420.